The summed E-state index contributed by atoms with van der Waals surface area (Å²) in [4.78, 5) is 14.0. The quantitative estimate of drug-likeness (QED) is 0.814. The number of nitrogens with one attached hydrogen (secondary N) is 1. The lowest BCUT2D eigenvalue weighted by Gasteiger charge is -2.26. The zero-order chi connectivity index (χ0) is 13.7. The summed E-state index contributed by atoms with van der Waals surface area (Å²) in [6.07, 6.45) is 6.07. The molecule has 1 N–H and O–H groups in total. The van der Waals surface area contributed by atoms with Gasteiger partial charge >= 0.3 is 0 Å². The molecular formula is C14H24N4O. The van der Waals surface area contributed by atoms with Crippen LogP contribution in [-0.4, -0.2) is 40.2 Å². The number of carbonyl (C=O) groups is 1. The molecule has 2 heterocycles. The molecule has 0 unspecified atom stereocenters. The van der Waals surface area contributed by atoms with Gasteiger partial charge in [0.25, 0.3) is 0 Å². The van der Waals surface area contributed by atoms with Gasteiger partial charge in [-0.3, -0.25) is 9.48 Å². The number of nitrogens with zero attached hydrogens (tertiary/aromatic N) is 3. The molecule has 0 radical (unpaired) electrons. The first-order valence-electron chi connectivity index (χ1n) is 7.14. The third kappa shape index (κ3) is 3.80. The molecule has 2 rings (SSSR count). The second-order valence-electron chi connectivity index (χ2n) is 5.25. The number of hydrogen-bond acceptors (Lipinski definition) is 3. The van der Waals surface area contributed by atoms with Crippen molar-refractivity contribution in [3.8, 4) is 0 Å². The van der Waals surface area contributed by atoms with Crippen molar-refractivity contribution in [2.45, 2.75) is 39.2 Å². The van der Waals surface area contributed by atoms with Crippen LogP contribution in [0.5, 0.6) is 0 Å². The average Bonchev–Trinajstić information content (AvgIpc) is 2.76. The van der Waals surface area contributed by atoms with E-state index in [4.69, 9.17) is 0 Å². The summed E-state index contributed by atoms with van der Waals surface area (Å²) in [5, 5.41) is 7.53. The molecule has 0 aromatic carbocycles. The van der Waals surface area contributed by atoms with E-state index in [1.165, 1.54) is 17.7 Å². The zero-order valence-corrected chi connectivity index (χ0v) is 12.0. The molecule has 5 heteroatoms. The van der Waals surface area contributed by atoms with Crippen LogP contribution in [0.3, 0.4) is 0 Å². The number of likely N-dealkylation sites (tertiary alicyclic amines) is 1. The second-order valence-corrected chi connectivity index (χ2v) is 5.25. The second kappa shape index (κ2) is 6.70. The van der Waals surface area contributed by atoms with Gasteiger partial charge in [-0.1, -0.05) is 0 Å². The smallest absolute Gasteiger partial charge is 0.223 e. The van der Waals surface area contributed by atoms with Gasteiger partial charge in [-0.2, -0.15) is 5.10 Å². The van der Waals surface area contributed by atoms with Crippen molar-refractivity contribution in [3.63, 3.8) is 0 Å². The molecule has 0 atom stereocenters. The highest BCUT2D eigenvalue weighted by molar-refractivity contribution is 5.76. The van der Waals surface area contributed by atoms with Crippen LogP contribution in [0.25, 0.3) is 0 Å². The van der Waals surface area contributed by atoms with Crippen LogP contribution in [0, 0.1) is 6.92 Å². The Morgan fingerprint density at radius 2 is 2.11 bits per heavy atom. The molecule has 106 valence electrons. The number of amides is 1. The summed E-state index contributed by atoms with van der Waals surface area (Å²) in [5.41, 5.74) is 2.38. The maximum Gasteiger partial charge on any atom is 0.223 e. The van der Waals surface area contributed by atoms with Crippen LogP contribution in [0.1, 0.15) is 36.9 Å². The summed E-state index contributed by atoms with van der Waals surface area (Å²) < 4.78 is 1.87. The van der Waals surface area contributed by atoms with Crippen LogP contribution in [0.15, 0.2) is 6.20 Å². The minimum Gasteiger partial charge on any atom is -0.343 e. The Bertz CT molecular complexity index is 421. The summed E-state index contributed by atoms with van der Waals surface area (Å²) >= 11 is 0. The predicted molar refractivity (Wildman–Crippen MR) is 74.7 cm³/mol. The van der Waals surface area contributed by atoms with E-state index in [1.807, 2.05) is 22.8 Å². The van der Waals surface area contributed by atoms with E-state index in [2.05, 4.69) is 17.3 Å². The molecule has 0 saturated carbocycles. The molecule has 1 amide bonds. The van der Waals surface area contributed by atoms with E-state index in [0.717, 1.165) is 39.0 Å². The third-order valence-electron chi connectivity index (χ3n) is 3.88. The average molecular weight is 264 g/mol. The SMILES string of the molecule is Cc1c(CNCCC(=O)N2CCCCC2)cnn1C. The lowest BCUT2D eigenvalue weighted by Crippen LogP contribution is -2.37. The van der Waals surface area contributed by atoms with Gasteiger partial charge in [0.05, 0.1) is 6.20 Å². The van der Waals surface area contributed by atoms with Gasteiger partial charge in [0.15, 0.2) is 0 Å². The monoisotopic (exact) mass is 264 g/mol. The Hall–Kier alpha value is -1.36. The molecule has 1 fully saturated rings. The molecule has 1 aromatic heterocycles. The highest BCUT2D eigenvalue weighted by atomic mass is 16.2. The van der Waals surface area contributed by atoms with Gasteiger partial charge < -0.3 is 10.2 Å². The summed E-state index contributed by atoms with van der Waals surface area (Å²) in [6.45, 7) is 5.47. The summed E-state index contributed by atoms with van der Waals surface area (Å²) in [7, 11) is 1.94. The fourth-order valence-electron chi connectivity index (χ4n) is 2.44. The first kappa shape index (κ1) is 14.1. The molecule has 1 aromatic rings. The lowest BCUT2D eigenvalue weighted by molar-refractivity contribution is -0.131. The number of rotatable bonds is 5. The van der Waals surface area contributed by atoms with Gasteiger partial charge in [0, 0.05) is 50.9 Å². The molecule has 1 aliphatic heterocycles. The Morgan fingerprint density at radius 1 is 1.37 bits per heavy atom. The molecule has 1 aliphatic rings. The minimum absolute atomic E-state index is 0.287. The number of piperidine rings is 1. The van der Waals surface area contributed by atoms with Crippen molar-refractivity contribution >= 4 is 5.91 Å². The Morgan fingerprint density at radius 3 is 2.74 bits per heavy atom. The van der Waals surface area contributed by atoms with E-state index in [9.17, 15) is 4.79 Å². The molecule has 0 bridgehead atoms. The van der Waals surface area contributed by atoms with Gasteiger partial charge in [-0.05, 0) is 26.2 Å². The van der Waals surface area contributed by atoms with Crippen molar-refractivity contribution in [2.75, 3.05) is 19.6 Å². The fourth-order valence-corrected chi connectivity index (χ4v) is 2.44. The van der Waals surface area contributed by atoms with Gasteiger partial charge in [0.1, 0.15) is 0 Å². The van der Waals surface area contributed by atoms with Crippen LogP contribution in [0.2, 0.25) is 0 Å². The first-order valence-corrected chi connectivity index (χ1v) is 7.14. The highest BCUT2D eigenvalue weighted by Gasteiger charge is 2.15. The van der Waals surface area contributed by atoms with Crippen molar-refractivity contribution in [1.29, 1.82) is 0 Å². The topological polar surface area (TPSA) is 50.2 Å². The maximum atomic E-state index is 11.9. The number of hydrogen-bond donors (Lipinski definition) is 1. The molecule has 5 nitrogen and oxygen atoms in total. The largest absolute Gasteiger partial charge is 0.343 e. The van der Waals surface area contributed by atoms with E-state index >= 15 is 0 Å². The van der Waals surface area contributed by atoms with E-state index in [0.29, 0.717) is 6.42 Å². The molecule has 0 spiro atoms. The zero-order valence-electron chi connectivity index (χ0n) is 12.0. The Labute approximate surface area is 115 Å². The van der Waals surface area contributed by atoms with Crippen molar-refractivity contribution in [1.82, 2.24) is 20.0 Å². The summed E-state index contributed by atoms with van der Waals surface area (Å²) in [5.74, 6) is 0.287. The third-order valence-corrected chi connectivity index (χ3v) is 3.88. The van der Waals surface area contributed by atoms with E-state index in [1.54, 1.807) is 0 Å². The number of aryl methyl sites for hydroxylation is 1. The van der Waals surface area contributed by atoms with Crippen LogP contribution in [-0.2, 0) is 18.4 Å². The van der Waals surface area contributed by atoms with Crippen LogP contribution < -0.4 is 5.32 Å². The maximum absolute atomic E-state index is 11.9. The number of carbonyl (C=O) groups excluding carboxylic acids is 1. The molecular weight excluding hydrogens is 240 g/mol. The van der Waals surface area contributed by atoms with Crippen LogP contribution >= 0.6 is 0 Å². The summed E-state index contributed by atoms with van der Waals surface area (Å²) in [6, 6.07) is 0. The first-order chi connectivity index (χ1) is 9.18. The standard InChI is InChI=1S/C14H24N4O/c1-12-13(11-16-17(12)2)10-15-7-6-14(19)18-8-4-3-5-9-18/h11,15H,3-10H2,1-2H3. The van der Waals surface area contributed by atoms with Crippen molar-refractivity contribution < 1.29 is 4.79 Å². The van der Waals surface area contributed by atoms with Crippen molar-refractivity contribution in [2.24, 2.45) is 7.05 Å². The normalized spacial score (nSPS) is 15.8. The van der Waals surface area contributed by atoms with Crippen molar-refractivity contribution in [3.05, 3.63) is 17.5 Å². The highest BCUT2D eigenvalue weighted by Crippen LogP contribution is 2.09. The molecule has 19 heavy (non-hydrogen) atoms. The van der Waals surface area contributed by atoms with E-state index in [-0.39, 0.29) is 5.91 Å². The van der Waals surface area contributed by atoms with E-state index < -0.39 is 0 Å². The van der Waals surface area contributed by atoms with Gasteiger partial charge in [-0.25, -0.2) is 0 Å². The lowest BCUT2D eigenvalue weighted by atomic mass is 10.1. The minimum atomic E-state index is 0.287. The van der Waals surface area contributed by atoms with Crippen LogP contribution in [0.4, 0.5) is 0 Å². The predicted octanol–water partition coefficient (Wildman–Crippen LogP) is 1.22. The van der Waals surface area contributed by atoms with Gasteiger partial charge in [0.2, 0.25) is 5.91 Å². The Kier molecular flexibility index (Phi) is 4.96. The molecule has 1 saturated heterocycles. The van der Waals surface area contributed by atoms with Gasteiger partial charge in [-0.15, -0.1) is 0 Å². The molecule has 0 aliphatic carbocycles. The Balaban J connectivity index is 1.66. The number of aromatic nitrogens is 2. The fraction of sp³-hybridized carbons (Fsp3) is 0.714.